The quantitative estimate of drug-likeness (QED) is 0.312. The first-order chi connectivity index (χ1) is 9.78. The summed E-state index contributed by atoms with van der Waals surface area (Å²) in [6, 6.07) is 0. The zero-order valence-electron chi connectivity index (χ0n) is 12.6. The van der Waals surface area contributed by atoms with Crippen LogP contribution in [0, 0.1) is 0 Å². The summed E-state index contributed by atoms with van der Waals surface area (Å²) >= 11 is 2.12. The maximum absolute atomic E-state index is 12.0. The molecule has 3 fully saturated rings. The second-order valence-corrected chi connectivity index (χ2v) is 8.35. The average molecular weight is 427 g/mol. The molecular weight excluding hydrogens is 405 g/mol. The third-order valence-corrected chi connectivity index (χ3v) is 4.61. The number of ether oxygens (including phenoxy) is 2. The Morgan fingerprint density at radius 3 is 2.52 bits per heavy atom. The van der Waals surface area contributed by atoms with Crippen molar-refractivity contribution in [3.8, 4) is 0 Å². The van der Waals surface area contributed by atoms with Crippen molar-refractivity contribution in [2.75, 3.05) is 6.61 Å². The minimum Gasteiger partial charge on any atom is -0.444 e. The van der Waals surface area contributed by atoms with Crippen molar-refractivity contribution in [2.24, 2.45) is 5.10 Å². The van der Waals surface area contributed by atoms with Gasteiger partial charge in [-0.3, -0.25) is 0 Å². The third-order valence-electron chi connectivity index (χ3n) is 3.84. The summed E-state index contributed by atoms with van der Waals surface area (Å²) in [7, 11) is 1.42. The van der Waals surface area contributed by atoms with Gasteiger partial charge in [0.1, 0.15) is 11.2 Å². The van der Waals surface area contributed by atoms with Crippen LogP contribution in [0.2, 0.25) is 0 Å². The van der Waals surface area contributed by atoms with Crippen LogP contribution in [-0.2, 0) is 9.47 Å². The van der Waals surface area contributed by atoms with Crippen molar-refractivity contribution in [1.29, 1.82) is 0 Å². The molecule has 1 saturated carbocycles. The molecule has 0 aromatic carbocycles. The molecule has 1 aliphatic carbocycles. The second kappa shape index (κ2) is 6.49. The van der Waals surface area contributed by atoms with Crippen LogP contribution in [0.3, 0.4) is 0 Å². The summed E-state index contributed by atoms with van der Waals surface area (Å²) in [5, 5.41) is 7.17. The first-order valence-corrected chi connectivity index (χ1v) is 10.4. The molecular formula is C13H22IN3O3S. The number of nitrogens with one attached hydrogen (secondary N) is 2. The van der Waals surface area contributed by atoms with Gasteiger partial charge in [0.25, 0.3) is 0 Å². The van der Waals surface area contributed by atoms with E-state index in [1.165, 1.54) is 9.12 Å². The number of nitrogens with zero attached hydrogens (tertiary/aromatic N) is 1. The summed E-state index contributed by atoms with van der Waals surface area (Å²) in [6.07, 6.45) is 4.98. The van der Waals surface area contributed by atoms with Crippen LogP contribution in [-0.4, -0.2) is 35.7 Å². The Morgan fingerprint density at radius 2 is 2.05 bits per heavy atom. The van der Waals surface area contributed by atoms with E-state index in [2.05, 4.69) is 36.5 Å². The van der Waals surface area contributed by atoms with Gasteiger partial charge in [-0.25, -0.2) is 9.63 Å². The van der Waals surface area contributed by atoms with Gasteiger partial charge in [-0.1, -0.05) is 0 Å². The lowest BCUT2D eigenvalue weighted by atomic mass is 9.71. The predicted molar refractivity (Wildman–Crippen MR) is 92.5 cm³/mol. The number of carbonyl (C=O) groups excluding carboxylic acids is 1. The van der Waals surface area contributed by atoms with Gasteiger partial charge in [0.2, 0.25) is 0 Å². The lowest BCUT2D eigenvalue weighted by Crippen LogP contribution is -2.63. The van der Waals surface area contributed by atoms with Crippen molar-refractivity contribution < 1.29 is 14.3 Å². The van der Waals surface area contributed by atoms with Gasteiger partial charge in [-0.2, -0.15) is 5.10 Å². The normalized spacial score (nSPS) is 32.2. The zero-order valence-corrected chi connectivity index (χ0v) is 15.5. The van der Waals surface area contributed by atoms with E-state index in [1.54, 1.807) is 0 Å². The van der Waals surface area contributed by atoms with Crippen molar-refractivity contribution in [2.45, 2.75) is 63.2 Å². The predicted octanol–water partition coefficient (Wildman–Crippen LogP) is 3.17. The number of hydrogen-bond donors (Lipinski definition) is 2. The zero-order chi connectivity index (χ0) is 15.6. The number of carbonyl (C=O) groups is 1. The highest BCUT2D eigenvalue weighted by atomic mass is 127. The Kier molecular flexibility index (Phi) is 5.30. The third kappa shape index (κ3) is 4.62. The van der Waals surface area contributed by atoms with E-state index in [1.807, 2.05) is 27.0 Å². The SMILES string of the molecule is CC(C)(C)OC(=O)NC12CCC(/C=N/NSI)(CC1)OC2. The largest absolute Gasteiger partial charge is 0.444 e. The molecule has 3 rings (SSSR count). The molecule has 6 nitrogen and oxygen atoms in total. The smallest absolute Gasteiger partial charge is 0.408 e. The number of halogens is 1. The van der Waals surface area contributed by atoms with Crippen LogP contribution in [0.4, 0.5) is 4.79 Å². The maximum atomic E-state index is 12.0. The minimum atomic E-state index is -0.482. The van der Waals surface area contributed by atoms with E-state index in [4.69, 9.17) is 9.47 Å². The van der Waals surface area contributed by atoms with Gasteiger partial charge < -0.3 is 14.8 Å². The summed E-state index contributed by atoms with van der Waals surface area (Å²) in [6.45, 7) is 6.10. The van der Waals surface area contributed by atoms with E-state index in [0.717, 1.165) is 25.7 Å². The van der Waals surface area contributed by atoms with Crippen LogP contribution >= 0.6 is 30.3 Å². The Morgan fingerprint density at radius 1 is 1.38 bits per heavy atom. The summed E-state index contributed by atoms with van der Waals surface area (Å²) in [5.74, 6) is 0. The lowest BCUT2D eigenvalue weighted by Gasteiger charge is -2.51. The first-order valence-electron chi connectivity index (χ1n) is 7.00. The molecule has 21 heavy (non-hydrogen) atoms. The summed E-state index contributed by atoms with van der Waals surface area (Å²) < 4.78 is 11.3. The van der Waals surface area contributed by atoms with Gasteiger partial charge in [0.05, 0.1) is 18.4 Å². The highest BCUT2D eigenvalue weighted by molar-refractivity contribution is 14.2. The monoisotopic (exact) mass is 427 g/mol. The Hall–Kier alpha value is -0.220. The minimum absolute atomic E-state index is 0.281. The number of fused-ring (bicyclic) bond motifs is 3. The molecule has 1 amide bonds. The molecule has 0 spiro atoms. The van der Waals surface area contributed by atoms with Crippen molar-refractivity contribution in [3.05, 3.63) is 0 Å². The average Bonchev–Trinajstić information content (AvgIpc) is 2.39. The van der Waals surface area contributed by atoms with Crippen LogP contribution in [0.15, 0.2) is 5.10 Å². The molecule has 2 heterocycles. The van der Waals surface area contributed by atoms with Crippen LogP contribution in [0.5, 0.6) is 0 Å². The molecule has 8 heteroatoms. The molecule has 2 bridgehead atoms. The number of hydrazone groups is 1. The molecule has 0 radical (unpaired) electrons. The van der Waals surface area contributed by atoms with Gasteiger partial charge >= 0.3 is 6.09 Å². The van der Waals surface area contributed by atoms with Gasteiger partial charge in [0, 0.05) is 30.3 Å². The molecule has 2 aliphatic heterocycles. The Bertz CT molecular complexity index is 401. The van der Waals surface area contributed by atoms with Crippen LogP contribution in [0.25, 0.3) is 0 Å². The van der Waals surface area contributed by atoms with Crippen molar-refractivity contribution >= 4 is 42.6 Å². The van der Waals surface area contributed by atoms with Crippen LogP contribution < -0.4 is 10.1 Å². The molecule has 120 valence electrons. The Balaban J connectivity index is 1.91. The summed E-state index contributed by atoms with van der Waals surface area (Å²) in [5.41, 5.74) is -1.05. The highest BCUT2D eigenvalue weighted by Gasteiger charge is 2.50. The van der Waals surface area contributed by atoms with Gasteiger partial charge in [0.15, 0.2) is 0 Å². The molecule has 0 aromatic rings. The van der Waals surface area contributed by atoms with E-state index in [-0.39, 0.29) is 17.2 Å². The van der Waals surface area contributed by atoms with Gasteiger partial charge in [-0.15, -0.1) is 0 Å². The molecule has 2 N–H and O–H groups in total. The number of alkyl carbamates (subject to hydrolysis) is 1. The van der Waals surface area contributed by atoms with Crippen molar-refractivity contribution in [3.63, 3.8) is 0 Å². The standard InChI is InChI=1S/C13H22IN3O3S/c1-11(2,3)20-10(18)16-12-4-6-13(7-5-12,19-9-12)8-15-17-21-14/h8,17H,4-7,9H2,1-3H3,(H,16,18)/b15-8+. The van der Waals surface area contributed by atoms with E-state index in [9.17, 15) is 4.79 Å². The molecule has 2 saturated heterocycles. The molecule has 0 atom stereocenters. The maximum Gasteiger partial charge on any atom is 0.408 e. The first kappa shape index (κ1) is 17.1. The van der Waals surface area contributed by atoms with Gasteiger partial charge in [-0.05, 0) is 46.5 Å². The topological polar surface area (TPSA) is 72.0 Å². The Labute approximate surface area is 141 Å². The molecule has 0 unspecified atom stereocenters. The molecule has 3 aliphatic rings. The second-order valence-electron chi connectivity index (χ2n) is 6.69. The fourth-order valence-corrected chi connectivity index (χ4v) is 3.17. The van der Waals surface area contributed by atoms with E-state index in [0.29, 0.717) is 6.61 Å². The molecule has 0 aromatic heterocycles. The van der Waals surface area contributed by atoms with E-state index < -0.39 is 5.60 Å². The number of amides is 1. The highest BCUT2D eigenvalue weighted by Crippen LogP contribution is 2.42. The van der Waals surface area contributed by atoms with Crippen LogP contribution in [0.1, 0.15) is 46.5 Å². The summed E-state index contributed by atoms with van der Waals surface area (Å²) in [4.78, 5) is 14.8. The number of hydrogen-bond acceptors (Lipinski definition) is 6. The lowest BCUT2D eigenvalue weighted by molar-refractivity contribution is -0.119. The number of rotatable bonds is 4. The van der Waals surface area contributed by atoms with E-state index >= 15 is 0 Å². The fraction of sp³-hybridized carbons (Fsp3) is 0.846. The fourth-order valence-electron chi connectivity index (χ4n) is 2.73. The van der Waals surface area contributed by atoms with Crippen molar-refractivity contribution in [1.82, 2.24) is 10.1 Å².